The average Bonchev–Trinajstić information content (AvgIpc) is 2.46. The Kier molecular flexibility index (Phi) is 4.73. The quantitative estimate of drug-likeness (QED) is 0.662. The van der Waals surface area contributed by atoms with Crippen LogP contribution in [0.25, 0.3) is 0 Å². The largest absolute Gasteiger partial charge is 0.490 e. The van der Waals surface area contributed by atoms with E-state index in [0.29, 0.717) is 12.5 Å². The third kappa shape index (κ3) is 3.36. The van der Waals surface area contributed by atoms with Crippen molar-refractivity contribution < 1.29 is 18.8 Å². The molecule has 1 fully saturated rings. The van der Waals surface area contributed by atoms with Crippen LogP contribution in [0.4, 0.5) is 10.1 Å². The van der Waals surface area contributed by atoms with Crippen molar-refractivity contribution in [1.29, 1.82) is 0 Å². The Bertz CT molecular complexity index is 490. The molecule has 0 saturated carbocycles. The fraction of sp³-hybridized carbons (Fsp3) is 0.538. The molecule has 0 radical (unpaired) electrons. The molecule has 0 amide bonds. The normalized spacial score (nSPS) is 15.9. The molecule has 110 valence electrons. The zero-order valence-corrected chi connectivity index (χ0v) is 11.2. The SMILES string of the molecule is COc1cc(OCC2CCNCC2)c(F)cc1[N+](=O)[O-]. The van der Waals surface area contributed by atoms with Gasteiger partial charge < -0.3 is 14.8 Å². The van der Waals surface area contributed by atoms with Gasteiger partial charge in [0.15, 0.2) is 11.6 Å². The number of nitrogens with one attached hydrogen (secondary N) is 1. The number of nitrogens with zero attached hydrogens (tertiary/aromatic N) is 1. The van der Waals surface area contributed by atoms with Crippen molar-refractivity contribution in [3.63, 3.8) is 0 Å². The molecule has 1 aliphatic rings. The van der Waals surface area contributed by atoms with E-state index in [-0.39, 0.29) is 11.5 Å². The number of hydrogen-bond acceptors (Lipinski definition) is 5. The van der Waals surface area contributed by atoms with Gasteiger partial charge in [-0.3, -0.25) is 10.1 Å². The Morgan fingerprint density at radius 3 is 2.70 bits per heavy atom. The number of halogens is 1. The van der Waals surface area contributed by atoms with Gasteiger partial charge in [-0.1, -0.05) is 0 Å². The molecule has 1 aromatic carbocycles. The second kappa shape index (κ2) is 6.51. The molecule has 0 spiro atoms. The highest BCUT2D eigenvalue weighted by Gasteiger charge is 2.21. The van der Waals surface area contributed by atoms with Gasteiger partial charge in [-0.15, -0.1) is 0 Å². The molecule has 1 N–H and O–H groups in total. The van der Waals surface area contributed by atoms with Gasteiger partial charge in [-0.25, -0.2) is 4.39 Å². The minimum Gasteiger partial charge on any atom is -0.490 e. The first-order valence-electron chi connectivity index (χ1n) is 6.47. The molecule has 1 saturated heterocycles. The van der Waals surface area contributed by atoms with E-state index in [1.807, 2.05) is 0 Å². The van der Waals surface area contributed by atoms with Gasteiger partial charge in [-0.05, 0) is 31.8 Å². The van der Waals surface area contributed by atoms with Crippen LogP contribution >= 0.6 is 0 Å². The molecule has 1 aliphatic heterocycles. The summed E-state index contributed by atoms with van der Waals surface area (Å²) in [5.41, 5.74) is -0.404. The molecule has 1 aromatic rings. The number of piperidine rings is 1. The maximum atomic E-state index is 13.8. The van der Waals surface area contributed by atoms with Gasteiger partial charge in [0.05, 0.1) is 24.7 Å². The van der Waals surface area contributed by atoms with Gasteiger partial charge in [0.2, 0.25) is 5.75 Å². The lowest BCUT2D eigenvalue weighted by Crippen LogP contribution is -2.30. The van der Waals surface area contributed by atoms with Gasteiger partial charge in [0, 0.05) is 6.07 Å². The van der Waals surface area contributed by atoms with Crippen LogP contribution in [0, 0.1) is 21.8 Å². The molecule has 6 nitrogen and oxygen atoms in total. The topological polar surface area (TPSA) is 73.6 Å². The Hall–Kier alpha value is -1.89. The van der Waals surface area contributed by atoms with E-state index in [0.717, 1.165) is 32.0 Å². The summed E-state index contributed by atoms with van der Waals surface area (Å²) in [5.74, 6) is -0.383. The molecule has 20 heavy (non-hydrogen) atoms. The number of benzene rings is 1. The van der Waals surface area contributed by atoms with Crippen LogP contribution < -0.4 is 14.8 Å². The van der Waals surface area contributed by atoms with E-state index in [1.165, 1.54) is 13.2 Å². The number of hydrogen-bond donors (Lipinski definition) is 1. The zero-order valence-electron chi connectivity index (χ0n) is 11.2. The third-order valence-electron chi connectivity index (χ3n) is 3.36. The minimum atomic E-state index is -0.744. The summed E-state index contributed by atoms with van der Waals surface area (Å²) in [5, 5.41) is 14.0. The molecule has 0 atom stereocenters. The van der Waals surface area contributed by atoms with Crippen LogP contribution in [0.5, 0.6) is 11.5 Å². The lowest BCUT2D eigenvalue weighted by Gasteiger charge is -2.22. The molecule has 0 bridgehead atoms. The molecule has 0 aliphatic carbocycles. The second-order valence-electron chi connectivity index (χ2n) is 4.72. The molecular formula is C13H17FN2O4. The minimum absolute atomic E-state index is 0.00305. The van der Waals surface area contributed by atoms with Crippen molar-refractivity contribution in [2.75, 3.05) is 26.8 Å². The zero-order chi connectivity index (χ0) is 14.5. The van der Waals surface area contributed by atoms with Crippen molar-refractivity contribution in [2.45, 2.75) is 12.8 Å². The van der Waals surface area contributed by atoms with Crippen LogP contribution in [0.3, 0.4) is 0 Å². The summed E-state index contributed by atoms with van der Waals surface area (Å²) in [6, 6.07) is 2.06. The Morgan fingerprint density at radius 2 is 2.10 bits per heavy atom. The number of ether oxygens (including phenoxy) is 2. The van der Waals surface area contributed by atoms with E-state index in [2.05, 4.69) is 5.32 Å². The fourth-order valence-corrected chi connectivity index (χ4v) is 2.20. The van der Waals surface area contributed by atoms with Gasteiger partial charge in [-0.2, -0.15) is 0 Å². The average molecular weight is 284 g/mol. The monoisotopic (exact) mass is 284 g/mol. The van der Waals surface area contributed by atoms with Crippen molar-refractivity contribution in [2.24, 2.45) is 5.92 Å². The summed E-state index contributed by atoms with van der Waals surface area (Å²) in [6.07, 6.45) is 1.96. The Labute approximate surface area is 116 Å². The van der Waals surface area contributed by atoms with E-state index in [9.17, 15) is 14.5 Å². The van der Waals surface area contributed by atoms with Crippen LogP contribution in [0.15, 0.2) is 12.1 Å². The van der Waals surface area contributed by atoms with E-state index in [1.54, 1.807) is 0 Å². The highest BCUT2D eigenvalue weighted by molar-refractivity contribution is 5.51. The van der Waals surface area contributed by atoms with E-state index < -0.39 is 16.4 Å². The maximum Gasteiger partial charge on any atom is 0.314 e. The molecule has 7 heteroatoms. The Balaban J connectivity index is 2.09. The number of rotatable bonds is 5. The lowest BCUT2D eigenvalue weighted by molar-refractivity contribution is -0.386. The van der Waals surface area contributed by atoms with Crippen LogP contribution in [0.1, 0.15) is 12.8 Å². The fourth-order valence-electron chi connectivity index (χ4n) is 2.20. The van der Waals surface area contributed by atoms with Gasteiger partial charge in [0.25, 0.3) is 0 Å². The number of methoxy groups -OCH3 is 1. The molecule has 0 aromatic heterocycles. The summed E-state index contributed by atoms with van der Waals surface area (Å²) in [7, 11) is 1.30. The summed E-state index contributed by atoms with van der Waals surface area (Å²) in [4.78, 5) is 10.1. The highest BCUT2D eigenvalue weighted by atomic mass is 19.1. The molecular weight excluding hydrogens is 267 g/mol. The van der Waals surface area contributed by atoms with E-state index in [4.69, 9.17) is 9.47 Å². The summed E-state index contributed by atoms with van der Waals surface area (Å²) >= 11 is 0. The molecule has 2 rings (SSSR count). The first kappa shape index (κ1) is 14.5. The lowest BCUT2D eigenvalue weighted by atomic mass is 9.99. The predicted octanol–water partition coefficient (Wildman–Crippen LogP) is 2.12. The summed E-state index contributed by atoms with van der Waals surface area (Å²) in [6.45, 7) is 2.26. The predicted molar refractivity (Wildman–Crippen MR) is 70.7 cm³/mol. The second-order valence-corrected chi connectivity index (χ2v) is 4.72. The van der Waals surface area contributed by atoms with Gasteiger partial charge >= 0.3 is 5.69 Å². The van der Waals surface area contributed by atoms with Crippen molar-refractivity contribution in [3.8, 4) is 11.5 Å². The van der Waals surface area contributed by atoms with Crippen molar-refractivity contribution >= 4 is 5.69 Å². The number of nitro groups is 1. The third-order valence-corrected chi connectivity index (χ3v) is 3.36. The Morgan fingerprint density at radius 1 is 1.40 bits per heavy atom. The first-order valence-corrected chi connectivity index (χ1v) is 6.47. The van der Waals surface area contributed by atoms with Crippen molar-refractivity contribution in [1.82, 2.24) is 5.32 Å². The molecule has 1 heterocycles. The molecule has 0 unspecified atom stereocenters. The van der Waals surface area contributed by atoms with Crippen LogP contribution in [-0.4, -0.2) is 31.7 Å². The maximum absolute atomic E-state index is 13.8. The van der Waals surface area contributed by atoms with Crippen LogP contribution in [0.2, 0.25) is 0 Å². The first-order chi connectivity index (χ1) is 9.61. The van der Waals surface area contributed by atoms with Crippen molar-refractivity contribution in [3.05, 3.63) is 28.1 Å². The smallest absolute Gasteiger partial charge is 0.314 e. The summed E-state index contributed by atoms with van der Waals surface area (Å²) < 4.78 is 24.1. The standard InChI is InChI=1S/C13H17FN2O4/c1-19-13-7-12(10(14)6-11(13)16(17)18)20-8-9-2-4-15-5-3-9/h6-7,9,15H,2-5,8H2,1H3. The van der Waals surface area contributed by atoms with Crippen LogP contribution in [-0.2, 0) is 0 Å². The highest BCUT2D eigenvalue weighted by Crippen LogP contribution is 2.33. The van der Waals surface area contributed by atoms with Gasteiger partial charge in [0.1, 0.15) is 0 Å². The number of nitro benzene ring substituents is 1. The van der Waals surface area contributed by atoms with E-state index >= 15 is 0 Å².